The van der Waals surface area contributed by atoms with Crippen molar-refractivity contribution in [1.29, 1.82) is 0 Å². The van der Waals surface area contributed by atoms with E-state index in [1.54, 1.807) is 7.11 Å². The van der Waals surface area contributed by atoms with Crippen molar-refractivity contribution in [2.24, 2.45) is 0 Å². The van der Waals surface area contributed by atoms with E-state index in [4.69, 9.17) is 14.5 Å². The molecule has 1 aliphatic heterocycles. The number of thiazole rings is 1. The van der Waals surface area contributed by atoms with E-state index in [0.29, 0.717) is 0 Å². The minimum absolute atomic E-state index is 0.218. The molecule has 0 unspecified atom stereocenters. The second-order valence-corrected chi connectivity index (χ2v) is 6.79. The minimum atomic E-state index is -0.218. The highest BCUT2D eigenvalue weighted by Crippen LogP contribution is 2.39. The third kappa shape index (κ3) is 2.91. The first-order valence-corrected chi connectivity index (χ1v) is 8.44. The lowest BCUT2D eigenvalue weighted by atomic mass is 9.95. The number of nitrogens with one attached hydrogen (secondary N) is 1. The molecule has 4 nitrogen and oxygen atoms in total. The van der Waals surface area contributed by atoms with E-state index < -0.39 is 0 Å². The smallest absolute Gasteiger partial charge is 0.125 e. The van der Waals surface area contributed by atoms with E-state index in [9.17, 15) is 0 Å². The summed E-state index contributed by atoms with van der Waals surface area (Å²) in [6, 6.07) is 0.740. The molecule has 0 spiro atoms. The molecule has 2 fully saturated rings. The van der Waals surface area contributed by atoms with Gasteiger partial charge in [0.15, 0.2) is 0 Å². The van der Waals surface area contributed by atoms with Crippen molar-refractivity contribution in [3.05, 3.63) is 15.6 Å². The van der Waals surface area contributed by atoms with Crippen LogP contribution >= 0.6 is 11.3 Å². The van der Waals surface area contributed by atoms with Gasteiger partial charge in [0.05, 0.1) is 5.69 Å². The van der Waals surface area contributed by atoms with Gasteiger partial charge in [0, 0.05) is 50.6 Å². The van der Waals surface area contributed by atoms with Gasteiger partial charge in [-0.3, -0.25) is 0 Å². The number of ether oxygens (including phenoxy) is 2. The fraction of sp³-hybridized carbons (Fsp3) is 0.800. The molecule has 0 atom stereocenters. The van der Waals surface area contributed by atoms with Gasteiger partial charge in [-0.2, -0.15) is 0 Å². The molecule has 3 rings (SSSR count). The topological polar surface area (TPSA) is 43.4 Å². The molecule has 1 aromatic heterocycles. The first kappa shape index (κ1) is 14.4. The monoisotopic (exact) mass is 296 g/mol. The SMILES string of the molecule is CCc1nc(C2(OC)CCOCC2)sc1CNC1CC1. The maximum Gasteiger partial charge on any atom is 0.125 e. The van der Waals surface area contributed by atoms with Crippen molar-refractivity contribution in [1.82, 2.24) is 10.3 Å². The van der Waals surface area contributed by atoms with Crippen molar-refractivity contribution in [2.45, 2.75) is 57.2 Å². The molecule has 112 valence electrons. The Bertz CT molecular complexity index is 451. The molecule has 0 radical (unpaired) electrons. The summed E-state index contributed by atoms with van der Waals surface area (Å²) in [5.74, 6) is 0. The molecular weight excluding hydrogens is 272 g/mol. The molecule has 1 N–H and O–H groups in total. The highest BCUT2D eigenvalue weighted by Gasteiger charge is 2.38. The van der Waals surface area contributed by atoms with E-state index in [-0.39, 0.29) is 5.60 Å². The molecule has 2 aliphatic rings. The summed E-state index contributed by atoms with van der Waals surface area (Å²) in [6.07, 6.45) is 5.47. The van der Waals surface area contributed by atoms with Gasteiger partial charge in [-0.15, -0.1) is 11.3 Å². The largest absolute Gasteiger partial charge is 0.381 e. The zero-order valence-corrected chi connectivity index (χ0v) is 13.2. The lowest BCUT2D eigenvalue weighted by molar-refractivity contribution is -0.0948. The summed E-state index contributed by atoms with van der Waals surface area (Å²) < 4.78 is 11.3. The van der Waals surface area contributed by atoms with E-state index >= 15 is 0 Å². The average molecular weight is 296 g/mol. The van der Waals surface area contributed by atoms with Crippen molar-refractivity contribution < 1.29 is 9.47 Å². The Morgan fingerprint density at radius 3 is 2.75 bits per heavy atom. The molecule has 1 aromatic rings. The minimum Gasteiger partial charge on any atom is -0.381 e. The van der Waals surface area contributed by atoms with E-state index in [1.165, 1.54) is 23.4 Å². The predicted molar refractivity (Wildman–Crippen MR) is 80.1 cm³/mol. The van der Waals surface area contributed by atoms with Crippen LogP contribution < -0.4 is 5.32 Å². The van der Waals surface area contributed by atoms with Crippen LogP contribution in [0.4, 0.5) is 0 Å². The summed E-state index contributed by atoms with van der Waals surface area (Å²) in [6.45, 7) is 4.68. The van der Waals surface area contributed by atoms with E-state index in [2.05, 4.69) is 12.2 Å². The van der Waals surface area contributed by atoms with Crippen LogP contribution in [0.5, 0.6) is 0 Å². The number of methoxy groups -OCH3 is 1. The second kappa shape index (κ2) is 6.10. The van der Waals surface area contributed by atoms with Gasteiger partial charge in [-0.1, -0.05) is 6.92 Å². The fourth-order valence-corrected chi connectivity index (χ4v) is 4.05. The molecular formula is C15H24N2O2S. The van der Waals surface area contributed by atoms with Crippen LogP contribution in [0.25, 0.3) is 0 Å². The quantitative estimate of drug-likeness (QED) is 0.876. The van der Waals surface area contributed by atoms with Crippen molar-refractivity contribution in [3.8, 4) is 0 Å². The lowest BCUT2D eigenvalue weighted by Crippen LogP contribution is -2.35. The van der Waals surface area contributed by atoms with Crippen molar-refractivity contribution >= 4 is 11.3 Å². The van der Waals surface area contributed by atoms with Crippen molar-refractivity contribution in [2.75, 3.05) is 20.3 Å². The van der Waals surface area contributed by atoms with Crippen molar-refractivity contribution in [3.63, 3.8) is 0 Å². The summed E-state index contributed by atoms with van der Waals surface area (Å²) >= 11 is 1.83. The van der Waals surface area contributed by atoms with Gasteiger partial charge in [-0.05, 0) is 19.3 Å². The summed E-state index contributed by atoms with van der Waals surface area (Å²) in [7, 11) is 1.81. The van der Waals surface area contributed by atoms with Crippen LogP contribution in [0.1, 0.15) is 48.2 Å². The Morgan fingerprint density at radius 2 is 2.15 bits per heavy atom. The average Bonchev–Trinajstić information content (AvgIpc) is 3.24. The third-order valence-corrected chi connectivity index (χ3v) is 5.61. The Kier molecular flexibility index (Phi) is 4.40. The Hall–Kier alpha value is -0.490. The molecule has 5 heteroatoms. The van der Waals surface area contributed by atoms with Crippen LogP contribution in [0.2, 0.25) is 0 Å². The molecule has 20 heavy (non-hydrogen) atoms. The van der Waals surface area contributed by atoms with Crippen LogP contribution in [0, 0.1) is 0 Å². The second-order valence-electron chi connectivity index (χ2n) is 5.71. The molecule has 0 bridgehead atoms. The van der Waals surface area contributed by atoms with Gasteiger partial charge < -0.3 is 14.8 Å². The molecule has 1 saturated heterocycles. The number of aromatic nitrogens is 1. The predicted octanol–water partition coefficient (Wildman–Crippen LogP) is 2.61. The van der Waals surface area contributed by atoms with Crippen LogP contribution in [-0.2, 0) is 28.0 Å². The molecule has 1 aliphatic carbocycles. The fourth-order valence-electron chi connectivity index (χ4n) is 2.72. The number of aryl methyl sites for hydroxylation is 1. The number of hydrogen-bond donors (Lipinski definition) is 1. The zero-order chi connectivity index (χ0) is 14.0. The van der Waals surface area contributed by atoms with Gasteiger partial charge in [0.1, 0.15) is 10.6 Å². The first-order valence-electron chi connectivity index (χ1n) is 7.63. The standard InChI is InChI=1S/C15H24N2O2S/c1-3-12-13(10-16-11-4-5-11)20-14(17-12)15(18-2)6-8-19-9-7-15/h11,16H,3-10H2,1-2H3. The third-order valence-electron chi connectivity index (χ3n) is 4.32. The molecule has 0 aromatic carbocycles. The summed E-state index contributed by atoms with van der Waals surface area (Å²) in [4.78, 5) is 6.28. The Morgan fingerprint density at radius 1 is 1.40 bits per heavy atom. The van der Waals surface area contributed by atoms with Crippen LogP contribution in [-0.4, -0.2) is 31.3 Å². The molecule has 1 saturated carbocycles. The number of nitrogens with zero attached hydrogens (tertiary/aromatic N) is 1. The molecule has 0 amide bonds. The van der Waals surface area contributed by atoms with Gasteiger partial charge in [0.25, 0.3) is 0 Å². The Balaban J connectivity index is 1.80. The van der Waals surface area contributed by atoms with E-state index in [0.717, 1.165) is 50.1 Å². The number of rotatable bonds is 6. The maximum atomic E-state index is 5.86. The lowest BCUT2D eigenvalue weighted by Gasteiger charge is -2.33. The van der Waals surface area contributed by atoms with Gasteiger partial charge in [-0.25, -0.2) is 4.98 Å². The maximum absolute atomic E-state index is 5.86. The number of hydrogen-bond acceptors (Lipinski definition) is 5. The normalized spacial score (nSPS) is 22.1. The highest BCUT2D eigenvalue weighted by molar-refractivity contribution is 7.11. The molecule has 2 heterocycles. The summed E-state index contributed by atoms with van der Waals surface area (Å²) in [5, 5.41) is 4.75. The van der Waals surface area contributed by atoms with Gasteiger partial charge in [0.2, 0.25) is 0 Å². The van der Waals surface area contributed by atoms with Gasteiger partial charge >= 0.3 is 0 Å². The zero-order valence-electron chi connectivity index (χ0n) is 12.4. The van der Waals surface area contributed by atoms with Crippen LogP contribution in [0.3, 0.4) is 0 Å². The highest BCUT2D eigenvalue weighted by atomic mass is 32.1. The Labute approximate surface area is 124 Å². The van der Waals surface area contributed by atoms with Crippen LogP contribution in [0.15, 0.2) is 0 Å². The first-order chi connectivity index (χ1) is 9.77. The van der Waals surface area contributed by atoms with E-state index in [1.807, 2.05) is 11.3 Å². The summed E-state index contributed by atoms with van der Waals surface area (Å²) in [5.41, 5.74) is 1.02.